The summed E-state index contributed by atoms with van der Waals surface area (Å²) in [4.78, 5) is 4.60. The molecule has 0 unspecified atom stereocenters. The van der Waals surface area contributed by atoms with E-state index in [9.17, 15) is 0 Å². The molecule has 22 heavy (non-hydrogen) atoms. The van der Waals surface area contributed by atoms with Crippen LogP contribution in [0.4, 0.5) is 0 Å². The predicted molar refractivity (Wildman–Crippen MR) is 91.1 cm³/mol. The van der Waals surface area contributed by atoms with Crippen molar-refractivity contribution >= 4 is 5.96 Å². The summed E-state index contributed by atoms with van der Waals surface area (Å²) in [7, 11) is 1.67. The van der Waals surface area contributed by atoms with Gasteiger partial charge >= 0.3 is 0 Å². The van der Waals surface area contributed by atoms with Crippen LogP contribution in [0.15, 0.2) is 59.6 Å². The van der Waals surface area contributed by atoms with Gasteiger partial charge in [-0.25, -0.2) is 4.99 Å². The fraction of sp³-hybridized carbons (Fsp3) is 0.278. The second-order valence-corrected chi connectivity index (χ2v) is 4.88. The first-order valence-corrected chi connectivity index (χ1v) is 7.51. The molecular formula is C18H23N3O. The van der Waals surface area contributed by atoms with Crippen LogP contribution in [0.2, 0.25) is 0 Å². The zero-order chi connectivity index (χ0) is 15.6. The van der Waals surface area contributed by atoms with Crippen molar-refractivity contribution in [3.05, 3.63) is 65.7 Å². The molecule has 0 saturated carbocycles. The van der Waals surface area contributed by atoms with Gasteiger partial charge in [0, 0.05) is 13.1 Å². The van der Waals surface area contributed by atoms with E-state index in [1.54, 1.807) is 7.11 Å². The number of benzene rings is 2. The van der Waals surface area contributed by atoms with E-state index in [2.05, 4.69) is 34.7 Å². The number of ether oxygens (including phenoxy) is 1. The van der Waals surface area contributed by atoms with Gasteiger partial charge in [-0.05, 0) is 30.2 Å². The molecule has 4 heteroatoms. The summed E-state index contributed by atoms with van der Waals surface area (Å²) in [6.45, 7) is 4.29. The summed E-state index contributed by atoms with van der Waals surface area (Å²) < 4.78 is 5.16. The minimum atomic E-state index is 0.665. The van der Waals surface area contributed by atoms with E-state index in [1.165, 1.54) is 11.1 Å². The fourth-order valence-electron chi connectivity index (χ4n) is 2.02. The number of aliphatic imine (C=N–C) groups is 1. The van der Waals surface area contributed by atoms with Crippen molar-refractivity contribution in [2.75, 3.05) is 13.7 Å². The van der Waals surface area contributed by atoms with Gasteiger partial charge in [-0.2, -0.15) is 0 Å². The molecule has 0 aliphatic heterocycles. The minimum absolute atomic E-state index is 0.665. The summed E-state index contributed by atoms with van der Waals surface area (Å²) in [5.74, 6) is 1.69. The Hall–Kier alpha value is -2.49. The lowest BCUT2D eigenvalue weighted by Crippen LogP contribution is -2.36. The van der Waals surface area contributed by atoms with Crippen molar-refractivity contribution in [3.63, 3.8) is 0 Å². The lowest BCUT2D eigenvalue weighted by atomic mass is 10.2. The molecule has 0 spiro atoms. The molecule has 0 aliphatic rings. The molecule has 4 nitrogen and oxygen atoms in total. The van der Waals surface area contributed by atoms with Gasteiger partial charge in [0.2, 0.25) is 0 Å². The van der Waals surface area contributed by atoms with Crippen LogP contribution in [0.3, 0.4) is 0 Å². The quantitative estimate of drug-likeness (QED) is 0.636. The van der Waals surface area contributed by atoms with Crippen LogP contribution in [0.25, 0.3) is 0 Å². The van der Waals surface area contributed by atoms with Gasteiger partial charge in [0.1, 0.15) is 5.75 Å². The Bertz CT molecular complexity index is 579. The van der Waals surface area contributed by atoms with Gasteiger partial charge < -0.3 is 15.4 Å². The first kappa shape index (κ1) is 15.9. The average molecular weight is 297 g/mol. The van der Waals surface area contributed by atoms with Crippen LogP contribution in [0.5, 0.6) is 5.75 Å². The number of nitrogens with one attached hydrogen (secondary N) is 2. The molecule has 0 bridgehead atoms. The van der Waals surface area contributed by atoms with E-state index in [-0.39, 0.29) is 0 Å². The Kier molecular flexibility index (Phi) is 6.30. The zero-order valence-corrected chi connectivity index (χ0v) is 13.2. The fourth-order valence-corrected chi connectivity index (χ4v) is 2.02. The lowest BCUT2D eigenvalue weighted by molar-refractivity contribution is 0.414. The van der Waals surface area contributed by atoms with E-state index in [0.29, 0.717) is 6.54 Å². The monoisotopic (exact) mass is 297 g/mol. The average Bonchev–Trinajstić information content (AvgIpc) is 2.59. The first-order chi connectivity index (χ1) is 10.8. The standard InChI is InChI=1S/C18H23N3O/c1-3-19-18(20-13-15-7-5-4-6-8-15)21-14-16-9-11-17(22-2)12-10-16/h4-12H,3,13-14H2,1-2H3,(H2,19,20,21). The molecule has 2 N–H and O–H groups in total. The normalized spacial score (nSPS) is 11.1. The van der Waals surface area contributed by atoms with E-state index in [1.807, 2.05) is 42.5 Å². The second kappa shape index (κ2) is 8.72. The molecule has 0 radical (unpaired) electrons. The number of hydrogen-bond donors (Lipinski definition) is 2. The third-order valence-corrected chi connectivity index (χ3v) is 3.23. The highest BCUT2D eigenvalue weighted by Gasteiger charge is 1.99. The van der Waals surface area contributed by atoms with Gasteiger partial charge in [-0.3, -0.25) is 0 Å². The number of methoxy groups -OCH3 is 1. The molecule has 2 aromatic carbocycles. The number of guanidine groups is 1. The number of hydrogen-bond acceptors (Lipinski definition) is 2. The Morgan fingerprint density at radius 3 is 2.32 bits per heavy atom. The van der Waals surface area contributed by atoms with Crippen molar-refractivity contribution in [3.8, 4) is 5.75 Å². The van der Waals surface area contributed by atoms with Gasteiger partial charge in [-0.15, -0.1) is 0 Å². The van der Waals surface area contributed by atoms with Crippen LogP contribution in [-0.4, -0.2) is 19.6 Å². The van der Waals surface area contributed by atoms with Crippen molar-refractivity contribution in [1.82, 2.24) is 10.6 Å². The topological polar surface area (TPSA) is 45.7 Å². The van der Waals surface area contributed by atoms with Crippen molar-refractivity contribution in [1.29, 1.82) is 0 Å². The number of nitrogens with zero attached hydrogens (tertiary/aromatic N) is 1. The Balaban J connectivity index is 1.92. The van der Waals surface area contributed by atoms with Crippen molar-refractivity contribution < 1.29 is 4.74 Å². The van der Waals surface area contributed by atoms with Crippen LogP contribution < -0.4 is 15.4 Å². The van der Waals surface area contributed by atoms with E-state index < -0.39 is 0 Å². The molecule has 0 aromatic heterocycles. The summed E-state index contributed by atoms with van der Waals surface area (Å²) in [5, 5.41) is 6.60. The predicted octanol–water partition coefficient (Wildman–Crippen LogP) is 2.95. The van der Waals surface area contributed by atoms with Crippen molar-refractivity contribution in [2.24, 2.45) is 4.99 Å². The van der Waals surface area contributed by atoms with Gasteiger partial charge in [0.25, 0.3) is 0 Å². The van der Waals surface area contributed by atoms with Crippen LogP contribution >= 0.6 is 0 Å². The van der Waals surface area contributed by atoms with Crippen molar-refractivity contribution in [2.45, 2.75) is 20.0 Å². The minimum Gasteiger partial charge on any atom is -0.497 e. The van der Waals surface area contributed by atoms with Crippen LogP contribution in [0, 0.1) is 0 Å². The molecule has 0 saturated heterocycles. The molecule has 2 rings (SSSR count). The zero-order valence-electron chi connectivity index (χ0n) is 13.2. The summed E-state index contributed by atoms with van der Waals surface area (Å²) >= 11 is 0. The number of rotatable bonds is 6. The van der Waals surface area contributed by atoms with Crippen LogP contribution in [-0.2, 0) is 13.1 Å². The SMILES string of the molecule is CCNC(=NCc1ccccc1)NCc1ccc(OC)cc1. The Morgan fingerprint density at radius 1 is 0.955 bits per heavy atom. The molecule has 0 heterocycles. The highest BCUT2D eigenvalue weighted by Crippen LogP contribution is 2.10. The molecule has 2 aromatic rings. The van der Waals surface area contributed by atoms with E-state index >= 15 is 0 Å². The summed E-state index contributed by atoms with van der Waals surface area (Å²) in [6, 6.07) is 18.3. The summed E-state index contributed by atoms with van der Waals surface area (Å²) in [5.41, 5.74) is 2.38. The van der Waals surface area contributed by atoms with Gasteiger partial charge in [-0.1, -0.05) is 42.5 Å². The molecule has 0 fully saturated rings. The van der Waals surface area contributed by atoms with Gasteiger partial charge in [0.15, 0.2) is 5.96 Å². The molecular weight excluding hydrogens is 274 g/mol. The van der Waals surface area contributed by atoms with Crippen LogP contribution in [0.1, 0.15) is 18.1 Å². The molecule has 0 aliphatic carbocycles. The third-order valence-electron chi connectivity index (χ3n) is 3.23. The lowest BCUT2D eigenvalue weighted by Gasteiger charge is -2.11. The summed E-state index contributed by atoms with van der Waals surface area (Å²) in [6.07, 6.45) is 0. The second-order valence-electron chi connectivity index (χ2n) is 4.88. The molecule has 0 amide bonds. The smallest absolute Gasteiger partial charge is 0.191 e. The maximum Gasteiger partial charge on any atom is 0.191 e. The largest absolute Gasteiger partial charge is 0.497 e. The Morgan fingerprint density at radius 2 is 1.68 bits per heavy atom. The first-order valence-electron chi connectivity index (χ1n) is 7.51. The van der Waals surface area contributed by atoms with Gasteiger partial charge in [0.05, 0.1) is 13.7 Å². The maximum absolute atomic E-state index is 5.16. The highest BCUT2D eigenvalue weighted by molar-refractivity contribution is 5.79. The molecule has 0 atom stereocenters. The highest BCUT2D eigenvalue weighted by atomic mass is 16.5. The van der Waals surface area contributed by atoms with E-state index in [4.69, 9.17) is 4.74 Å². The Labute approximate surface area is 132 Å². The molecule has 116 valence electrons. The van der Waals surface area contributed by atoms with E-state index in [0.717, 1.165) is 24.8 Å². The maximum atomic E-state index is 5.16. The third kappa shape index (κ3) is 5.13.